The summed E-state index contributed by atoms with van der Waals surface area (Å²) < 4.78 is 0. The molecule has 8 nitrogen and oxygen atoms in total. The summed E-state index contributed by atoms with van der Waals surface area (Å²) in [5, 5.41) is 66.5. The Hall–Kier alpha value is -3.10. The Bertz CT molecular complexity index is 1270. The van der Waals surface area contributed by atoms with Crippen molar-refractivity contribution in [2.75, 3.05) is 6.61 Å². The molecule has 0 bridgehead atoms. The van der Waals surface area contributed by atoms with Crippen molar-refractivity contribution in [2.45, 2.75) is 161 Å². The fourth-order valence-electron chi connectivity index (χ4n) is 6.81. The van der Waals surface area contributed by atoms with Crippen LogP contribution in [0.3, 0.4) is 0 Å². The SMILES string of the molecule is CC(C)(C)c1cc(C(CC(=O)O)C(O)(CCCCCO)C(CC(=O)O)c2cc(C(C)(C)C)c(O)c(C(C)(C)C)c2)cc(C(C)(C)C)c1O. The number of phenols is 2. The largest absolute Gasteiger partial charge is 0.507 e. The average molecular weight is 671 g/mol. The molecule has 0 aliphatic carbocycles. The van der Waals surface area contributed by atoms with Crippen molar-refractivity contribution in [3.05, 3.63) is 57.6 Å². The van der Waals surface area contributed by atoms with Gasteiger partial charge in [0.25, 0.3) is 0 Å². The second-order valence-corrected chi connectivity index (χ2v) is 17.8. The lowest BCUT2D eigenvalue weighted by Crippen LogP contribution is -2.45. The third-order valence-corrected chi connectivity index (χ3v) is 9.50. The molecule has 0 heterocycles. The summed E-state index contributed by atoms with van der Waals surface area (Å²) in [5.74, 6) is -4.21. The van der Waals surface area contributed by atoms with E-state index < -0.39 is 63.9 Å². The lowest BCUT2D eigenvalue weighted by Gasteiger charge is -2.44. The van der Waals surface area contributed by atoms with Gasteiger partial charge in [-0.15, -0.1) is 0 Å². The summed E-state index contributed by atoms with van der Waals surface area (Å²) in [6.07, 6.45) is 0.532. The van der Waals surface area contributed by atoms with E-state index in [4.69, 9.17) is 0 Å². The van der Waals surface area contributed by atoms with Gasteiger partial charge in [-0.2, -0.15) is 0 Å². The third kappa shape index (κ3) is 9.75. The lowest BCUT2D eigenvalue weighted by atomic mass is 9.64. The van der Waals surface area contributed by atoms with Crippen molar-refractivity contribution in [1.82, 2.24) is 0 Å². The van der Waals surface area contributed by atoms with Crippen LogP contribution < -0.4 is 0 Å². The highest BCUT2D eigenvalue weighted by Crippen LogP contribution is 2.51. The molecular formula is C40H62O8. The molecule has 0 aliphatic rings. The van der Waals surface area contributed by atoms with Gasteiger partial charge in [-0.1, -0.05) is 120 Å². The van der Waals surface area contributed by atoms with E-state index in [1.54, 1.807) is 24.3 Å². The Kier molecular flexibility index (Phi) is 12.7. The molecule has 2 rings (SSSR count). The number of carboxylic acid groups (broad SMARTS) is 2. The van der Waals surface area contributed by atoms with Crippen LogP contribution in [0.25, 0.3) is 0 Å². The number of aliphatic hydroxyl groups excluding tert-OH is 1. The van der Waals surface area contributed by atoms with Crippen LogP contribution in [-0.2, 0) is 31.2 Å². The summed E-state index contributed by atoms with van der Waals surface area (Å²) >= 11 is 0. The average Bonchev–Trinajstić information content (AvgIpc) is 2.90. The smallest absolute Gasteiger partial charge is 0.304 e. The predicted octanol–water partition coefficient (Wildman–Crippen LogP) is 8.39. The van der Waals surface area contributed by atoms with Crippen LogP contribution in [0.5, 0.6) is 11.5 Å². The molecule has 0 spiro atoms. The highest BCUT2D eigenvalue weighted by molar-refractivity contribution is 5.70. The molecule has 0 aliphatic heterocycles. The summed E-state index contributed by atoms with van der Waals surface area (Å²) in [5.41, 5.74) is -0.593. The van der Waals surface area contributed by atoms with Crippen molar-refractivity contribution >= 4 is 11.9 Å². The number of phenolic OH excluding ortho intramolecular Hbond substituents is 2. The van der Waals surface area contributed by atoms with Crippen LogP contribution in [0.2, 0.25) is 0 Å². The summed E-state index contributed by atoms with van der Waals surface area (Å²) in [4.78, 5) is 25.4. The maximum atomic E-state index is 13.2. The van der Waals surface area contributed by atoms with E-state index >= 15 is 0 Å². The third-order valence-electron chi connectivity index (χ3n) is 9.50. The normalized spacial score (nSPS) is 15.5. The molecule has 2 aromatic carbocycles. The van der Waals surface area contributed by atoms with Crippen LogP contribution in [0, 0.1) is 0 Å². The molecular weight excluding hydrogens is 608 g/mol. The van der Waals surface area contributed by atoms with Crippen LogP contribution in [0.15, 0.2) is 24.3 Å². The molecule has 2 atom stereocenters. The number of aliphatic carboxylic acids is 2. The second-order valence-electron chi connectivity index (χ2n) is 17.8. The molecule has 6 N–H and O–H groups in total. The van der Waals surface area contributed by atoms with Crippen LogP contribution in [0.4, 0.5) is 0 Å². The van der Waals surface area contributed by atoms with Gasteiger partial charge < -0.3 is 30.6 Å². The van der Waals surface area contributed by atoms with E-state index in [2.05, 4.69) is 0 Å². The lowest BCUT2D eigenvalue weighted by molar-refractivity contribution is -0.142. The Morgan fingerprint density at radius 2 is 0.854 bits per heavy atom. The first-order valence-corrected chi connectivity index (χ1v) is 17.2. The first-order valence-electron chi connectivity index (χ1n) is 17.2. The van der Waals surface area contributed by atoms with Crippen molar-refractivity contribution in [1.29, 1.82) is 0 Å². The minimum absolute atomic E-state index is 0.0424. The number of carbonyl (C=O) groups is 2. The number of rotatable bonds is 13. The maximum absolute atomic E-state index is 13.2. The molecule has 0 fully saturated rings. The molecule has 0 radical (unpaired) electrons. The topological polar surface area (TPSA) is 156 Å². The summed E-state index contributed by atoms with van der Waals surface area (Å²) in [6, 6.07) is 7.08. The first-order chi connectivity index (χ1) is 21.7. The van der Waals surface area contributed by atoms with Crippen molar-refractivity contribution in [3.8, 4) is 11.5 Å². The molecule has 48 heavy (non-hydrogen) atoms. The van der Waals surface area contributed by atoms with Crippen molar-refractivity contribution in [2.24, 2.45) is 0 Å². The fourth-order valence-corrected chi connectivity index (χ4v) is 6.81. The van der Waals surface area contributed by atoms with E-state index in [1.807, 2.05) is 83.1 Å². The first kappa shape index (κ1) is 41.1. The second kappa shape index (κ2) is 14.8. The number of aliphatic hydroxyl groups is 2. The number of benzene rings is 2. The predicted molar refractivity (Wildman–Crippen MR) is 192 cm³/mol. The summed E-state index contributed by atoms with van der Waals surface area (Å²) in [7, 11) is 0. The van der Waals surface area contributed by atoms with E-state index in [-0.39, 0.29) is 24.5 Å². The monoisotopic (exact) mass is 670 g/mol. The minimum atomic E-state index is -1.89. The van der Waals surface area contributed by atoms with Gasteiger partial charge in [0.15, 0.2) is 0 Å². The van der Waals surface area contributed by atoms with Gasteiger partial charge in [-0.3, -0.25) is 9.59 Å². The molecule has 0 aromatic heterocycles. The molecule has 0 amide bonds. The standard InChI is InChI=1S/C40H62O8/c1-36(2,3)28-18-24(19-29(34(28)46)37(4,5)6)26(22-32(42)43)40(48,16-14-13-15-17-41)27(23-33(44)45)25-20-30(38(7,8)9)35(47)31(21-25)39(10,11)12/h18-21,26-27,41,46-48H,13-17,22-23H2,1-12H3,(H,42,43)(H,44,45). The molecule has 2 aromatic rings. The quantitative estimate of drug-likeness (QED) is 0.116. The fraction of sp³-hybridized carbons (Fsp3) is 0.650. The number of hydrogen-bond donors (Lipinski definition) is 6. The van der Waals surface area contributed by atoms with Crippen molar-refractivity contribution in [3.63, 3.8) is 0 Å². The van der Waals surface area contributed by atoms with E-state index in [1.165, 1.54) is 0 Å². The van der Waals surface area contributed by atoms with Gasteiger partial charge in [0.05, 0.1) is 18.4 Å². The Labute approximate surface area is 288 Å². The number of hydrogen-bond acceptors (Lipinski definition) is 6. The van der Waals surface area contributed by atoms with Crippen LogP contribution in [-0.4, -0.2) is 54.8 Å². The van der Waals surface area contributed by atoms with Gasteiger partial charge in [0, 0.05) is 18.4 Å². The molecule has 2 unspecified atom stereocenters. The molecule has 270 valence electrons. The van der Waals surface area contributed by atoms with Crippen molar-refractivity contribution < 1.29 is 40.2 Å². The van der Waals surface area contributed by atoms with Crippen LogP contribution in [0.1, 0.15) is 167 Å². The zero-order chi connectivity index (χ0) is 37.2. The molecule has 8 heteroatoms. The van der Waals surface area contributed by atoms with E-state index in [0.717, 1.165) is 0 Å². The zero-order valence-corrected chi connectivity index (χ0v) is 31.4. The minimum Gasteiger partial charge on any atom is -0.507 e. The Morgan fingerprint density at radius 1 is 0.562 bits per heavy atom. The van der Waals surface area contributed by atoms with Gasteiger partial charge in [0.1, 0.15) is 11.5 Å². The van der Waals surface area contributed by atoms with Gasteiger partial charge in [0.2, 0.25) is 0 Å². The summed E-state index contributed by atoms with van der Waals surface area (Å²) in [6.45, 7) is 23.4. The zero-order valence-electron chi connectivity index (χ0n) is 31.4. The van der Waals surface area contributed by atoms with Crippen LogP contribution >= 0.6 is 0 Å². The number of unbranched alkanes of at least 4 members (excludes halogenated alkanes) is 2. The van der Waals surface area contributed by atoms with Gasteiger partial charge in [-0.05, 0) is 67.9 Å². The number of aromatic hydroxyl groups is 2. The van der Waals surface area contributed by atoms with Gasteiger partial charge >= 0.3 is 11.9 Å². The molecule has 0 saturated carbocycles. The van der Waals surface area contributed by atoms with Gasteiger partial charge in [-0.25, -0.2) is 0 Å². The van der Waals surface area contributed by atoms with E-state index in [0.29, 0.717) is 52.6 Å². The Balaban J connectivity index is 3.18. The highest BCUT2D eigenvalue weighted by atomic mass is 16.4. The maximum Gasteiger partial charge on any atom is 0.304 e. The van der Waals surface area contributed by atoms with E-state index in [9.17, 15) is 40.2 Å². The number of carboxylic acids is 2. The molecule has 0 saturated heterocycles. The highest BCUT2D eigenvalue weighted by Gasteiger charge is 2.48. The Morgan fingerprint density at radius 3 is 1.08 bits per heavy atom.